The molecule has 1 fully saturated rings. The number of alkyl halides is 6. The third-order valence-electron chi connectivity index (χ3n) is 3.97. The summed E-state index contributed by atoms with van der Waals surface area (Å²) >= 11 is 0. The van der Waals surface area contributed by atoms with Crippen molar-refractivity contribution in [3.05, 3.63) is 29.8 Å². The molecule has 158 valence electrons. The Kier molecular flexibility index (Phi) is 7.39. The van der Waals surface area contributed by atoms with Crippen molar-refractivity contribution in [3.63, 3.8) is 0 Å². The van der Waals surface area contributed by atoms with E-state index in [1.54, 1.807) is 6.07 Å². The minimum absolute atomic E-state index is 0.0828. The molecule has 1 unspecified atom stereocenters. The fraction of sp³-hybridized carbons (Fsp3) is 0.588. The van der Waals surface area contributed by atoms with Crippen molar-refractivity contribution in [1.29, 1.82) is 0 Å². The molecule has 0 radical (unpaired) electrons. The maximum Gasteiger partial charge on any atom is 0.573 e. The topological polar surface area (TPSA) is 48.9 Å². The molecule has 28 heavy (non-hydrogen) atoms. The molecule has 0 aromatic heterocycles. The zero-order valence-corrected chi connectivity index (χ0v) is 15.2. The van der Waals surface area contributed by atoms with E-state index in [0.29, 0.717) is 25.5 Å². The molecule has 0 amide bonds. The average molecular weight is 412 g/mol. The first-order valence-electron chi connectivity index (χ1n) is 8.73. The van der Waals surface area contributed by atoms with Crippen LogP contribution in [0.25, 0.3) is 0 Å². The number of ether oxygens (including phenoxy) is 1. The number of halogens is 6. The monoisotopic (exact) mass is 412 g/mol. The normalized spacial score (nSPS) is 19.0. The van der Waals surface area contributed by atoms with Crippen LogP contribution in [0.4, 0.5) is 26.3 Å². The van der Waals surface area contributed by atoms with Crippen LogP contribution in [0.2, 0.25) is 0 Å². The molecule has 5 nitrogen and oxygen atoms in total. The summed E-state index contributed by atoms with van der Waals surface area (Å²) in [6.07, 6.45) is -8.56. The van der Waals surface area contributed by atoms with Gasteiger partial charge in [0.1, 0.15) is 5.75 Å². The number of guanidine groups is 1. The number of nitrogens with zero attached hydrogens (tertiary/aromatic N) is 2. The molecule has 2 rings (SSSR count). The molecule has 11 heteroatoms. The van der Waals surface area contributed by atoms with Gasteiger partial charge in [0.2, 0.25) is 0 Å². The summed E-state index contributed by atoms with van der Waals surface area (Å²) in [5.74, 6) is -0.0185. The highest BCUT2D eigenvalue weighted by Crippen LogP contribution is 2.26. The molecule has 0 bridgehead atoms. The van der Waals surface area contributed by atoms with Crippen molar-refractivity contribution in [3.8, 4) is 5.75 Å². The van der Waals surface area contributed by atoms with Gasteiger partial charge in [-0.25, -0.2) is 4.99 Å². The van der Waals surface area contributed by atoms with Crippen LogP contribution in [0.15, 0.2) is 29.3 Å². The zero-order valence-electron chi connectivity index (χ0n) is 15.2. The van der Waals surface area contributed by atoms with E-state index in [2.05, 4.69) is 20.4 Å². The van der Waals surface area contributed by atoms with Gasteiger partial charge in [-0.2, -0.15) is 13.2 Å². The second-order valence-corrected chi connectivity index (χ2v) is 6.33. The number of para-hydroxylation sites is 1. The van der Waals surface area contributed by atoms with E-state index < -0.39 is 19.1 Å². The van der Waals surface area contributed by atoms with Gasteiger partial charge >= 0.3 is 12.5 Å². The Morgan fingerprint density at radius 3 is 2.57 bits per heavy atom. The van der Waals surface area contributed by atoms with Crippen molar-refractivity contribution in [2.75, 3.05) is 26.2 Å². The van der Waals surface area contributed by atoms with Crippen LogP contribution in [0.1, 0.15) is 18.9 Å². The van der Waals surface area contributed by atoms with Crippen molar-refractivity contribution < 1.29 is 31.1 Å². The van der Waals surface area contributed by atoms with Gasteiger partial charge in [-0.3, -0.25) is 4.90 Å². The number of benzene rings is 1. The highest BCUT2D eigenvalue weighted by atomic mass is 19.4. The predicted molar refractivity (Wildman–Crippen MR) is 92.0 cm³/mol. The Bertz CT molecular complexity index is 662. The predicted octanol–water partition coefficient (Wildman–Crippen LogP) is 3.28. The number of aliphatic imine (C=N–C) groups is 1. The lowest BCUT2D eigenvalue weighted by Gasteiger charge is -2.20. The summed E-state index contributed by atoms with van der Waals surface area (Å²) in [6, 6.07) is 5.42. The lowest BCUT2D eigenvalue weighted by atomic mass is 10.2. The number of rotatable bonds is 6. The van der Waals surface area contributed by atoms with E-state index in [0.717, 1.165) is 0 Å². The van der Waals surface area contributed by atoms with Crippen molar-refractivity contribution >= 4 is 5.96 Å². The van der Waals surface area contributed by atoms with Gasteiger partial charge in [-0.1, -0.05) is 18.2 Å². The van der Waals surface area contributed by atoms with Gasteiger partial charge in [-0.15, -0.1) is 13.2 Å². The first-order valence-corrected chi connectivity index (χ1v) is 8.73. The smallest absolute Gasteiger partial charge is 0.405 e. The first kappa shape index (κ1) is 22.1. The fourth-order valence-corrected chi connectivity index (χ4v) is 2.88. The fourth-order valence-electron chi connectivity index (χ4n) is 2.88. The van der Waals surface area contributed by atoms with Gasteiger partial charge in [0.15, 0.2) is 5.96 Å². The van der Waals surface area contributed by atoms with Gasteiger partial charge in [0.05, 0.1) is 13.1 Å². The summed E-state index contributed by atoms with van der Waals surface area (Å²) < 4.78 is 79.0. The Labute approximate surface area is 158 Å². The summed E-state index contributed by atoms with van der Waals surface area (Å²) in [5, 5.41) is 5.98. The van der Waals surface area contributed by atoms with Gasteiger partial charge in [-0.05, 0) is 19.4 Å². The maximum absolute atomic E-state index is 12.5. The summed E-state index contributed by atoms with van der Waals surface area (Å²) in [5.41, 5.74) is 0.238. The van der Waals surface area contributed by atoms with Crippen LogP contribution in [-0.4, -0.2) is 55.6 Å². The van der Waals surface area contributed by atoms with E-state index in [-0.39, 0.29) is 30.4 Å². The number of nitrogens with one attached hydrogen (secondary N) is 2. The van der Waals surface area contributed by atoms with Crippen LogP contribution >= 0.6 is 0 Å². The van der Waals surface area contributed by atoms with Crippen molar-refractivity contribution in [2.45, 2.75) is 38.5 Å². The molecule has 2 N–H and O–H groups in total. The second-order valence-electron chi connectivity index (χ2n) is 6.33. The van der Waals surface area contributed by atoms with Gasteiger partial charge in [0.25, 0.3) is 0 Å². The second kappa shape index (κ2) is 9.35. The van der Waals surface area contributed by atoms with Gasteiger partial charge < -0.3 is 15.4 Å². The molecular weight excluding hydrogens is 390 g/mol. The molecule has 0 saturated carbocycles. The minimum Gasteiger partial charge on any atom is -0.405 e. The Hall–Kier alpha value is -2.17. The molecule has 1 saturated heterocycles. The van der Waals surface area contributed by atoms with Crippen LogP contribution in [-0.2, 0) is 6.54 Å². The average Bonchev–Trinajstić information content (AvgIpc) is 2.97. The molecule has 1 heterocycles. The molecule has 1 aliphatic rings. The molecule has 1 aromatic rings. The first-order chi connectivity index (χ1) is 13.1. The lowest BCUT2D eigenvalue weighted by Crippen LogP contribution is -2.45. The summed E-state index contributed by atoms with van der Waals surface area (Å²) in [6.45, 7) is 1.76. The molecule has 1 aromatic carbocycles. The zero-order chi connectivity index (χ0) is 20.8. The SMILES string of the molecule is CCNC(=NCc1ccccc1OC(F)(F)F)NC1CCN(CC(F)(F)F)C1. The lowest BCUT2D eigenvalue weighted by molar-refractivity contribution is -0.274. The Morgan fingerprint density at radius 2 is 1.93 bits per heavy atom. The highest BCUT2D eigenvalue weighted by Gasteiger charge is 2.34. The quantitative estimate of drug-likeness (QED) is 0.428. The third kappa shape index (κ3) is 7.83. The molecule has 0 spiro atoms. The molecule has 1 atom stereocenters. The van der Waals surface area contributed by atoms with Crippen molar-refractivity contribution in [2.24, 2.45) is 4.99 Å². The van der Waals surface area contributed by atoms with E-state index in [1.807, 2.05) is 6.92 Å². The van der Waals surface area contributed by atoms with Crippen LogP contribution in [0.5, 0.6) is 5.75 Å². The Morgan fingerprint density at radius 1 is 1.21 bits per heavy atom. The van der Waals surface area contributed by atoms with E-state index in [9.17, 15) is 26.3 Å². The van der Waals surface area contributed by atoms with Crippen LogP contribution in [0.3, 0.4) is 0 Å². The molecule has 1 aliphatic heterocycles. The van der Waals surface area contributed by atoms with E-state index >= 15 is 0 Å². The number of likely N-dealkylation sites (tertiary alicyclic amines) is 1. The largest absolute Gasteiger partial charge is 0.573 e. The van der Waals surface area contributed by atoms with Crippen LogP contribution in [0, 0.1) is 0 Å². The highest BCUT2D eigenvalue weighted by molar-refractivity contribution is 5.80. The Balaban J connectivity index is 2.00. The van der Waals surface area contributed by atoms with Gasteiger partial charge in [0, 0.05) is 31.2 Å². The summed E-state index contributed by atoms with van der Waals surface area (Å²) in [4.78, 5) is 5.54. The van der Waals surface area contributed by atoms with Crippen LogP contribution < -0.4 is 15.4 Å². The van der Waals surface area contributed by atoms with E-state index in [1.165, 1.54) is 23.1 Å². The van der Waals surface area contributed by atoms with Crippen molar-refractivity contribution in [1.82, 2.24) is 15.5 Å². The third-order valence-corrected chi connectivity index (χ3v) is 3.97. The standard InChI is InChI=1S/C17H22F6N4O/c1-2-24-15(26-13-7-8-27(10-13)11-16(18,19)20)25-9-12-5-3-4-6-14(12)28-17(21,22)23/h3-6,13H,2,7-11H2,1H3,(H2,24,25,26). The maximum atomic E-state index is 12.5. The number of hydrogen-bond donors (Lipinski definition) is 2. The minimum atomic E-state index is -4.81. The summed E-state index contributed by atoms with van der Waals surface area (Å²) in [7, 11) is 0. The number of hydrogen-bond acceptors (Lipinski definition) is 3. The molecular formula is C17H22F6N4O. The van der Waals surface area contributed by atoms with E-state index in [4.69, 9.17) is 0 Å². The molecule has 0 aliphatic carbocycles.